The van der Waals surface area contributed by atoms with E-state index < -0.39 is 112 Å². The number of aliphatic hydroxyl groups excluding tert-OH is 1. The van der Waals surface area contributed by atoms with Crippen LogP contribution in [0.25, 0.3) is 11.2 Å². The number of terminal acetylenes is 1. The maximum absolute atomic E-state index is 14.6. The fourth-order valence-electron chi connectivity index (χ4n) is 6.49. The molecule has 368 valence electrons. The molecule has 5 rings (SSSR count). The van der Waals surface area contributed by atoms with Crippen molar-refractivity contribution >= 4 is 30.7 Å². The largest absolute Gasteiger partial charge is 0.465 e. The average molecular weight is 999 g/mol. The van der Waals surface area contributed by atoms with Crippen LogP contribution < -0.4 is 15.3 Å². The molecule has 0 bridgehead atoms. The maximum Gasteiger partial charge on any atom is 0.460 e. The molecule has 0 saturated carbocycles. The number of nitrogens with two attached hydrogens (primary N) is 1. The van der Waals surface area contributed by atoms with Crippen LogP contribution in [0.3, 0.4) is 0 Å². The molecule has 67 heavy (non-hydrogen) atoms. The Morgan fingerprint density at radius 1 is 0.910 bits per heavy atom. The van der Waals surface area contributed by atoms with Gasteiger partial charge in [-0.3, -0.25) is 13.9 Å². The van der Waals surface area contributed by atoms with E-state index in [4.69, 9.17) is 30.7 Å². The summed E-state index contributed by atoms with van der Waals surface area (Å²) in [5.41, 5.74) is 3.96. The zero-order chi connectivity index (χ0) is 49.9. The molecule has 1 saturated heterocycles. The molecule has 0 spiro atoms. The first-order valence-electron chi connectivity index (χ1n) is 19.5. The van der Waals surface area contributed by atoms with Gasteiger partial charge in [0.15, 0.2) is 22.6 Å². The topological polar surface area (TPSA) is 173 Å². The highest BCUT2D eigenvalue weighted by Gasteiger charge is 2.90. The fourth-order valence-corrected chi connectivity index (χ4v) is 8.01. The molecule has 4 aromatic rings. The van der Waals surface area contributed by atoms with Gasteiger partial charge in [-0.1, -0.05) is 67.3 Å². The summed E-state index contributed by atoms with van der Waals surface area (Å²) < 4.78 is 228. The summed E-state index contributed by atoms with van der Waals surface area (Å²) in [6, 6.07) is 13.6. The Kier molecular flexibility index (Phi) is 15.5. The zero-order valence-electron chi connectivity index (χ0n) is 34.0. The number of aliphatic hydroxyl groups is 1. The van der Waals surface area contributed by atoms with Gasteiger partial charge in [-0.25, -0.2) is 9.55 Å². The molecule has 4 N–H and O–H groups in total. The number of rotatable bonds is 22. The van der Waals surface area contributed by atoms with Crippen LogP contribution in [0.1, 0.15) is 50.3 Å². The number of carbonyl (C=O) groups excluding carboxylic acids is 1. The molecular formula is C39H37F14N6O7P. The number of alkyl halides is 13. The van der Waals surface area contributed by atoms with Crippen molar-refractivity contribution in [3.63, 3.8) is 0 Å². The van der Waals surface area contributed by atoms with Crippen molar-refractivity contribution in [3.8, 4) is 18.1 Å². The van der Waals surface area contributed by atoms with Crippen molar-refractivity contribution in [2.75, 3.05) is 18.9 Å². The highest BCUT2D eigenvalue weighted by Crippen LogP contribution is 2.61. The number of ether oxygens (including phenoxy) is 2. The normalized spacial score (nSPS) is 20.0. The number of halogens is 14. The number of nitrogen functional groups attached to an aromatic ring is 1. The first-order chi connectivity index (χ1) is 31.0. The smallest absolute Gasteiger partial charge is 0.460 e. The summed E-state index contributed by atoms with van der Waals surface area (Å²) >= 11 is 0. The number of unbranched alkanes of at least 4 members (excludes halogenated alkanes) is 3. The SMILES string of the molecule is C#C[C@]1(COP(=O)(N[C@@H](Cc2ccccc2)C(=O)OCCCCCCC(F)(F)C(F)(F)C(F)(F)C(F)(F)C(F)(F)C(F)(F)F)Oc2ccccc2)O[C@@H](n2cnc3c(N)nc(F)nc32)C[C@@H]1O. The number of nitrogens with zero attached hydrogens (tertiary/aromatic N) is 4. The van der Waals surface area contributed by atoms with Crippen LogP contribution in [0.15, 0.2) is 67.0 Å². The standard InChI is InChI=1S/C39H37F14N6O7P/c1-2-33(26(60)20-27(65-33)59-22-55-28-29(54)56-32(40)57-30(28)59)21-64-67(62,66-24-15-9-6-10-16-24)58-25(19-23-13-7-5-8-14-23)31(61)63-18-12-4-3-11-17-34(41,42)35(43,44)36(45,46)37(47,48)38(49,50)39(51,52)53/h1,5-10,13-16,22,25-27,60H,3-4,11-12,17-21H2,(H,58,62)(H2,54,56,57)/t25-,26-,27+,33+,67?/m0/s1. The Morgan fingerprint density at radius 2 is 1.51 bits per heavy atom. The molecule has 2 aromatic carbocycles. The summed E-state index contributed by atoms with van der Waals surface area (Å²) in [4.78, 5) is 24.7. The highest BCUT2D eigenvalue weighted by molar-refractivity contribution is 7.52. The van der Waals surface area contributed by atoms with Gasteiger partial charge in [0.1, 0.15) is 30.7 Å². The van der Waals surface area contributed by atoms with Crippen molar-refractivity contribution in [1.82, 2.24) is 24.6 Å². The molecule has 28 heteroatoms. The van der Waals surface area contributed by atoms with Crippen LogP contribution in [-0.4, -0.2) is 97.3 Å². The summed E-state index contributed by atoms with van der Waals surface area (Å²) in [7, 11) is -4.85. The number of esters is 1. The third-order valence-corrected chi connectivity index (χ3v) is 11.8. The van der Waals surface area contributed by atoms with Gasteiger partial charge in [-0.2, -0.15) is 76.5 Å². The lowest BCUT2D eigenvalue weighted by atomic mass is 9.91. The van der Waals surface area contributed by atoms with E-state index >= 15 is 0 Å². The minimum atomic E-state index is -8.00. The van der Waals surface area contributed by atoms with Crippen LogP contribution >= 0.6 is 7.75 Å². The van der Waals surface area contributed by atoms with Gasteiger partial charge in [0.2, 0.25) is 0 Å². The number of anilines is 1. The molecule has 3 heterocycles. The first kappa shape index (κ1) is 52.7. The van der Waals surface area contributed by atoms with E-state index in [-0.39, 0.29) is 48.4 Å². The Morgan fingerprint density at radius 3 is 2.12 bits per heavy atom. The molecule has 0 amide bonds. The second-order valence-corrected chi connectivity index (χ2v) is 16.6. The number of aromatic nitrogens is 4. The molecule has 0 radical (unpaired) electrons. The van der Waals surface area contributed by atoms with Crippen LogP contribution in [0.2, 0.25) is 0 Å². The molecule has 2 aromatic heterocycles. The lowest BCUT2D eigenvalue weighted by Gasteiger charge is -2.39. The fraction of sp³-hybridized carbons (Fsp3) is 0.487. The van der Waals surface area contributed by atoms with Crippen LogP contribution in [0.5, 0.6) is 5.75 Å². The van der Waals surface area contributed by atoms with Crippen molar-refractivity contribution in [3.05, 3.63) is 78.6 Å². The predicted octanol–water partition coefficient (Wildman–Crippen LogP) is 8.84. The molecule has 1 fully saturated rings. The summed E-state index contributed by atoms with van der Waals surface area (Å²) in [5.74, 6) is -36.6. The number of imidazole rings is 1. The minimum Gasteiger partial charge on any atom is -0.465 e. The molecule has 0 aliphatic carbocycles. The van der Waals surface area contributed by atoms with E-state index in [0.717, 1.165) is 0 Å². The van der Waals surface area contributed by atoms with E-state index in [1.807, 2.05) is 0 Å². The number of fused-ring (bicyclic) bond motifs is 1. The summed E-state index contributed by atoms with van der Waals surface area (Å²) in [5, 5.41) is 13.7. The number of hydrogen-bond acceptors (Lipinski definition) is 11. The number of benzene rings is 2. The van der Waals surface area contributed by atoms with E-state index in [9.17, 15) is 75.9 Å². The monoisotopic (exact) mass is 998 g/mol. The molecule has 5 atom stereocenters. The molecule has 1 aliphatic rings. The minimum absolute atomic E-state index is 0.00796. The van der Waals surface area contributed by atoms with Gasteiger partial charge in [-0.15, -0.1) is 6.42 Å². The summed E-state index contributed by atoms with van der Waals surface area (Å²) in [6.07, 6.45) is -9.77. The van der Waals surface area contributed by atoms with Crippen molar-refractivity contribution in [2.45, 2.75) is 105 Å². The maximum atomic E-state index is 14.6. The first-order valence-corrected chi connectivity index (χ1v) is 21.0. The average Bonchev–Trinajstić information content (AvgIpc) is 3.83. The van der Waals surface area contributed by atoms with E-state index in [0.29, 0.717) is 5.56 Å². The molecular weight excluding hydrogens is 961 g/mol. The van der Waals surface area contributed by atoms with Gasteiger partial charge in [0.25, 0.3) is 0 Å². The number of nitrogens with one attached hydrogen (secondary N) is 1. The third-order valence-electron chi connectivity index (χ3n) is 10.2. The second kappa shape index (κ2) is 19.7. The molecule has 1 aliphatic heterocycles. The lowest BCUT2D eigenvalue weighted by molar-refractivity contribution is -0.440. The van der Waals surface area contributed by atoms with Crippen molar-refractivity contribution in [2.24, 2.45) is 0 Å². The Bertz CT molecular complexity index is 2430. The van der Waals surface area contributed by atoms with Gasteiger partial charge < -0.3 is 24.8 Å². The number of hydrogen-bond donors (Lipinski definition) is 3. The van der Waals surface area contributed by atoms with Crippen LogP contribution in [0.4, 0.5) is 67.3 Å². The molecule has 1 unspecified atom stereocenters. The van der Waals surface area contributed by atoms with Gasteiger partial charge in [0.05, 0.1) is 12.9 Å². The van der Waals surface area contributed by atoms with Gasteiger partial charge in [-0.05, 0) is 37.0 Å². The number of carbonyl (C=O) groups is 1. The van der Waals surface area contributed by atoms with E-state index in [2.05, 4.69) is 26.0 Å². The van der Waals surface area contributed by atoms with Crippen molar-refractivity contribution < 1.29 is 94.5 Å². The van der Waals surface area contributed by atoms with Crippen LogP contribution in [-0.2, 0) is 29.8 Å². The third kappa shape index (κ3) is 10.9. The highest BCUT2D eigenvalue weighted by atomic mass is 31.2. The zero-order valence-corrected chi connectivity index (χ0v) is 34.9. The lowest BCUT2D eigenvalue weighted by Crippen LogP contribution is -2.70. The van der Waals surface area contributed by atoms with Gasteiger partial charge in [0, 0.05) is 12.8 Å². The summed E-state index contributed by atoms with van der Waals surface area (Å²) in [6.45, 7) is -1.47. The second-order valence-electron chi connectivity index (χ2n) is 14.9. The van der Waals surface area contributed by atoms with Crippen molar-refractivity contribution in [1.29, 1.82) is 0 Å². The molecule has 13 nitrogen and oxygen atoms in total. The Labute approximate surface area is 369 Å². The van der Waals surface area contributed by atoms with E-state index in [1.165, 1.54) is 35.2 Å². The van der Waals surface area contributed by atoms with Crippen LogP contribution in [0, 0.1) is 18.4 Å². The van der Waals surface area contributed by atoms with Gasteiger partial charge >= 0.3 is 55.6 Å². The number of para-hydroxylation sites is 1. The Balaban J connectivity index is 1.25. The predicted molar refractivity (Wildman–Crippen MR) is 205 cm³/mol. The quantitative estimate of drug-likeness (QED) is 0.0171. The Hall–Kier alpha value is -5.29. The van der Waals surface area contributed by atoms with E-state index in [1.54, 1.807) is 36.4 Å².